The zero-order chi connectivity index (χ0) is 27.4. The Morgan fingerprint density at radius 2 is 1.82 bits per heavy atom. The molecule has 1 saturated carbocycles. The van der Waals surface area contributed by atoms with Crippen molar-refractivity contribution in [1.29, 1.82) is 0 Å². The van der Waals surface area contributed by atoms with Crippen molar-refractivity contribution in [2.75, 3.05) is 30.4 Å². The average molecular weight is 543 g/mol. The summed E-state index contributed by atoms with van der Waals surface area (Å²) in [6, 6.07) is 13.5. The summed E-state index contributed by atoms with van der Waals surface area (Å²) >= 11 is 0. The Morgan fingerprint density at radius 1 is 1.05 bits per heavy atom. The summed E-state index contributed by atoms with van der Waals surface area (Å²) in [5.74, 6) is 0.147. The van der Waals surface area contributed by atoms with Gasteiger partial charge in [-0.15, -0.1) is 0 Å². The molecule has 2 fully saturated rings. The lowest BCUT2D eigenvalue weighted by molar-refractivity contribution is -0.137. The highest BCUT2D eigenvalue weighted by atomic mass is 19.4. The van der Waals surface area contributed by atoms with Crippen molar-refractivity contribution in [3.8, 4) is 11.3 Å². The molecular weight excluding hydrogens is 509 g/mol. The minimum atomic E-state index is -4.33. The number of esters is 1. The lowest BCUT2D eigenvalue weighted by Crippen LogP contribution is -2.54. The van der Waals surface area contributed by atoms with Crippen molar-refractivity contribution in [3.05, 3.63) is 65.9 Å². The van der Waals surface area contributed by atoms with Gasteiger partial charge in [-0.25, -0.2) is 9.78 Å². The Labute approximate surface area is 225 Å². The molecule has 10 heteroatoms. The number of aromatic nitrogens is 1. The molecule has 0 unspecified atom stereocenters. The third-order valence-corrected chi connectivity index (χ3v) is 7.58. The molecule has 39 heavy (non-hydrogen) atoms. The molecule has 3 atom stereocenters. The molecule has 2 aliphatic rings. The zero-order valence-electron chi connectivity index (χ0n) is 21.8. The quantitative estimate of drug-likeness (QED) is 0.348. The fraction of sp³-hybridized carbons (Fsp3) is 0.448. The summed E-state index contributed by atoms with van der Waals surface area (Å²) in [6.07, 6.45) is 3.52. The Morgan fingerprint density at radius 3 is 2.56 bits per heavy atom. The van der Waals surface area contributed by atoms with Gasteiger partial charge in [-0.2, -0.15) is 13.2 Å². The van der Waals surface area contributed by atoms with E-state index in [1.165, 1.54) is 7.11 Å². The second kappa shape index (κ2) is 11.7. The number of halogens is 3. The SMILES string of the molecule is COC(=O)c1cccc(-c2cnc(N[C@@H]3CCCC[C@H]3N[C@H]3CCCN(c4ccc(C(F)(F)F)cc4)C3)o2)c1. The van der Waals surface area contributed by atoms with Gasteiger partial charge in [0.2, 0.25) is 0 Å². The van der Waals surface area contributed by atoms with Gasteiger partial charge in [-0.05, 0) is 62.1 Å². The van der Waals surface area contributed by atoms with E-state index in [0.29, 0.717) is 17.3 Å². The van der Waals surface area contributed by atoms with Crippen molar-refractivity contribution in [2.24, 2.45) is 0 Å². The number of piperidine rings is 1. The molecule has 3 aromatic rings. The smallest absolute Gasteiger partial charge is 0.416 e. The van der Waals surface area contributed by atoms with Gasteiger partial charge in [-0.3, -0.25) is 0 Å². The van der Waals surface area contributed by atoms with Gasteiger partial charge in [0, 0.05) is 42.5 Å². The highest BCUT2D eigenvalue weighted by Gasteiger charge is 2.32. The maximum atomic E-state index is 13.0. The Kier molecular flexibility index (Phi) is 8.11. The molecule has 0 spiro atoms. The summed E-state index contributed by atoms with van der Waals surface area (Å²) in [6.45, 7) is 1.57. The molecule has 0 radical (unpaired) electrons. The molecule has 0 bridgehead atoms. The standard InChI is InChI=1S/C29H33F3N4O3/c1-38-27(37)20-7-4-6-19(16-20)26-17-33-28(39-26)35-25-10-3-2-9-24(25)34-22-8-5-15-36(18-22)23-13-11-21(12-14-23)29(30,31)32/h4,6-7,11-14,16-17,22,24-25,34H,2-3,5,8-10,15,18H2,1H3,(H,33,35)/t22-,24+,25+/m0/s1. The van der Waals surface area contributed by atoms with Crippen LogP contribution in [0, 0.1) is 0 Å². The van der Waals surface area contributed by atoms with Crippen LogP contribution in [0.5, 0.6) is 0 Å². The third kappa shape index (κ3) is 6.55. The van der Waals surface area contributed by atoms with Gasteiger partial charge in [0.15, 0.2) is 5.76 Å². The van der Waals surface area contributed by atoms with Crippen LogP contribution in [-0.2, 0) is 10.9 Å². The number of anilines is 2. The number of nitrogens with one attached hydrogen (secondary N) is 2. The molecule has 0 amide bonds. The van der Waals surface area contributed by atoms with Gasteiger partial charge >= 0.3 is 12.1 Å². The monoisotopic (exact) mass is 542 g/mol. The van der Waals surface area contributed by atoms with Crippen molar-refractivity contribution >= 4 is 17.7 Å². The van der Waals surface area contributed by atoms with E-state index in [9.17, 15) is 18.0 Å². The second-order valence-corrected chi connectivity index (χ2v) is 10.2. The number of nitrogens with zero attached hydrogens (tertiary/aromatic N) is 2. The van der Waals surface area contributed by atoms with E-state index in [1.54, 1.807) is 36.5 Å². The third-order valence-electron chi connectivity index (χ3n) is 7.58. The summed E-state index contributed by atoms with van der Waals surface area (Å²) in [4.78, 5) is 18.5. The molecule has 5 rings (SSSR count). The number of hydrogen-bond donors (Lipinski definition) is 2. The lowest BCUT2D eigenvalue weighted by Gasteiger charge is -2.40. The summed E-state index contributed by atoms with van der Waals surface area (Å²) in [5, 5.41) is 7.29. The zero-order valence-corrected chi connectivity index (χ0v) is 21.8. The number of carbonyl (C=O) groups is 1. The van der Waals surface area contributed by atoms with Crippen LogP contribution in [0.15, 0.2) is 59.1 Å². The Bertz CT molecular complexity index is 1260. The van der Waals surface area contributed by atoms with E-state index >= 15 is 0 Å². The minimum Gasteiger partial charge on any atom is -0.465 e. The van der Waals surface area contributed by atoms with E-state index in [-0.39, 0.29) is 18.1 Å². The number of oxazole rings is 1. The van der Waals surface area contributed by atoms with E-state index in [0.717, 1.165) is 75.0 Å². The van der Waals surface area contributed by atoms with Gasteiger partial charge in [0.1, 0.15) is 0 Å². The normalized spacial score (nSPS) is 21.9. The number of rotatable bonds is 7. The van der Waals surface area contributed by atoms with Gasteiger partial charge in [0.05, 0.1) is 24.4 Å². The Hall–Kier alpha value is -3.53. The van der Waals surface area contributed by atoms with Crippen LogP contribution in [0.4, 0.5) is 24.9 Å². The molecule has 2 N–H and O–H groups in total. The number of methoxy groups -OCH3 is 1. The maximum absolute atomic E-state index is 13.0. The van der Waals surface area contributed by atoms with E-state index in [4.69, 9.17) is 9.15 Å². The lowest BCUT2D eigenvalue weighted by atomic mass is 9.89. The number of carbonyl (C=O) groups excluding carboxylic acids is 1. The topological polar surface area (TPSA) is 79.6 Å². The fourth-order valence-corrected chi connectivity index (χ4v) is 5.56. The molecule has 2 heterocycles. The largest absolute Gasteiger partial charge is 0.465 e. The number of benzene rings is 2. The van der Waals surface area contributed by atoms with Crippen LogP contribution < -0.4 is 15.5 Å². The number of alkyl halides is 3. The molecule has 208 valence electrons. The molecule has 2 aromatic carbocycles. The first-order chi connectivity index (χ1) is 18.8. The highest BCUT2D eigenvalue weighted by molar-refractivity contribution is 5.90. The van der Waals surface area contributed by atoms with Crippen LogP contribution in [0.2, 0.25) is 0 Å². The maximum Gasteiger partial charge on any atom is 0.416 e. The molecule has 1 aromatic heterocycles. The summed E-state index contributed by atoms with van der Waals surface area (Å²) in [7, 11) is 1.35. The summed E-state index contributed by atoms with van der Waals surface area (Å²) in [5.41, 5.74) is 1.37. The van der Waals surface area contributed by atoms with Crippen molar-refractivity contribution in [1.82, 2.24) is 10.3 Å². The van der Waals surface area contributed by atoms with Gasteiger partial charge in [0.25, 0.3) is 6.01 Å². The van der Waals surface area contributed by atoms with Crippen molar-refractivity contribution < 1.29 is 27.1 Å². The number of hydrogen-bond acceptors (Lipinski definition) is 7. The first-order valence-corrected chi connectivity index (χ1v) is 13.4. The van der Waals surface area contributed by atoms with E-state index < -0.39 is 17.7 Å². The predicted molar refractivity (Wildman–Crippen MR) is 143 cm³/mol. The first kappa shape index (κ1) is 27.1. The van der Waals surface area contributed by atoms with Crippen LogP contribution in [0.25, 0.3) is 11.3 Å². The van der Waals surface area contributed by atoms with E-state index in [1.807, 2.05) is 6.07 Å². The summed E-state index contributed by atoms with van der Waals surface area (Å²) < 4.78 is 49.7. The highest BCUT2D eigenvalue weighted by Crippen LogP contribution is 2.32. The fourth-order valence-electron chi connectivity index (χ4n) is 5.56. The minimum absolute atomic E-state index is 0.132. The van der Waals surface area contributed by atoms with Crippen LogP contribution >= 0.6 is 0 Å². The molecular formula is C29H33F3N4O3. The van der Waals surface area contributed by atoms with Crippen LogP contribution in [0.1, 0.15) is 54.4 Å². The van der Waals surface area contributed by atoms with Crippen molar-refractivity contribution in [3.63, 3.8) is 0 Å². The average Bonchev–Trinajstić information content (AvgIpc) is 3.42. The van der Waals surface area contributed by atoms with Gasteiger partial charge < -0.3 is 24.7 Å². The van der Waals surface area contributed by atoms with E-state index in [2.05, 4.69) is 20.5 Å². The van der Waals surface area contributed by atoms with Gasteiger partial charge in [-0.1, -0.05) is 25.0 Å². The molecule has 7 nitrogen and oxygen atoms in total. The van der Waals surface area contributed by atoms with Crippen molar-refractivity contribution in [2.45, 2.75) is 62.8 Å². The number of ether oxygens (including phenoxy) is 1. The first-order valence-electron chi connectivity index (χ1n) is 13.4. The molecule has 1 saturated heterocycles. The van der Waals surface area contributed by atoms with Crippen LogP contribution in [-0.4, -0.2) is 49.3 Å². The molecule has 1 aliphatic carbocycles. The Balaban J connectivity index is 1.22. The predicted octanol–water partition coefficient (Wildman–Crippen LogP) is 6.13. The molecule has 1 aliphatic heterocycles. The second-order valence-electron chi connectivity index (χ2n) is 10.2. The van der Waals surface area contributed by atoms with Crippen LogP contribution in [0.3, 0.4) is 0 Å².